The van der Waals surface area contributed by atoms with Crippen molar-refractivity contribution in [2.45, 2.75) is 50.2 Å². The van der Waals surface area contributed by atoms with Gasteiger partial charge in [0, 0.05) is 48.9 Å². The second-order valence-electron chi connectivity index (χ2n) is 7.91. The fraction of sp³-hybridized carbons (Fsp3) is 0.500. The number of piperazine rings is 1. The highest BCUT2D eigenvalue weighted by Crippen LogP contribution is 2.38. The SMILES string of the molecule is N#CCC(=O)N1C2CCC1CN(c1cc(N(C=O)C3CC3)nc3[nH]ccc13)C2. The first-order chi connectivity index (χ1) is 13.7. The lowest BCUT2D eigenvalue weighted by Gasteiger charge is -2.42. The van der Waals surface area contributed by atoms with Gasteiger partial charge >= 0.3 is 0 Å². The molecule has 2 saturated heterocycles. The Kier molecular flexibility index (Phi) is 3.97. The van der Waals surface area contributed by atoms with Gasteiger partial charge in [-0.15, -0.1) is 0 Å². The lowest BCUT2D eigenvalue weighted by molar-refractivity contribution is -0.133. The number of rotatable bonds is 5. The van der Waals surface area contributed by atoms with E-state index in [1.807, 2.05) is 29.3 Å². The van der Waals surface area contributed by atoms with Crippen LogP contribution in [0, 0.1) is 11.3 Å². The summed E-state index contributed by atoms with van der Waals surface area (Å²) < 4.78 is 0. The lowest BCUT2D eigenvalue weighted by Crippen LogP contribution is -2.56. The van der Waals surface area contributed by atoms with E-state index in [-0.39, 0.29) is 30.5 Å². The van der Waals surface area contributed by atoms with Gasteiger partial charge < -0.3 is 14.8 Å². The first-order valence-electron chi connectivity index (χ1n) is 9.84. The highest BCUT2D eigenvalue weighted by Gasteiger charge is 2.43. The zero-order chi connectivity index (χ0) is 19.3. The van der Waals surface area contributed by atoms with Gasteiger partial charge in [-0.3, -0.25) is 14.5 Å². The molecule has 2 atom stereocenters. The van der Waals surface area contributed by atoms with Crippen molar-refractivity contribution < 1.29 is 9.59 Å². The highest BCUT2D eigenvalue weighted by molar-refractivity contribution is 5.94. The third-order valence-corrected chi connectivity index (χ3v) is 6.15. The van der Waals surface area contributed by atoms with E-state index < -0.39 is 0 Å². The van der Waals surface area contributed by atoms with Crippen LogP contribution in [0.2, 0.25) is 0 Å². The Labute approximate surface area is 162 Å². The summed E-state index contributed by atoms with van der Waals surface area (Å²) in [7, 11) is 0. The number of anilines is 2. The molecule has 1 saturated carbocycles. The number of nitriles is 1. The predicted octanol–water partition coefficient (Wildman–Crippen LogP) is 1.78. The van der Waals surface area contributed by atoms with E-state index in [9.17, 15) is 9.59 Å². The molecule has 2 unspecified atom stereocenters. The van der Waals surface area contributed by atoms with Crippen LogP contribution in [0.25, 0.3) is 11.0 Å². The summed E-state index contributed by atoms with van der Waals surface area (Å²) in [6.07, 6.45) is 6.66. The maximum absolute atomic E-state index is 12.4. The Morgan fingerprint density at radius 2 is 2.07 bits per heavy atom. The minimum absolute atomic E-state index is 0.0514. The first kappa shape index (κ1) is 17.0. The van der Waals surface area contributed by atoms with Gasteiger partial charge in [-0.05, 0) is 31.7 Å². The van der Waals surface area contributed by atoms with Gasteiger partial charge in [0.2, 0.25) is 12.3 Å². The topological polar surface area (TPSA) is 96.3 Å². The van der Waals surface area contributed by atoms with Crippen LogP contribution in [0.4, 0.5) is 11.5 Å². The largest absolute Gasteiger partial charge is 0.367 e. The van der Waals surface area contributed by atoms with E-state index in [0.717, 1.165) is 61.9 Å². The molecule has 2 bridgehead atoms. The number of H-pyrrole nitrogens is 1. The average Bonchev–Trinajstić information content (AvgIpc) is 3.34. The molecule has 3 fully saturated rings. The van der Waals surface area contributed by atoms with Gasteiger partial charge in [-0.25, -0.2) is 4.98 Å². The Morgan fingerprint density at radius 1 is 1.32 bits per heavy atom. The smallest absolute Gasteiger partial charge is 0.237 e. The third-order valence-electron chi connectivity index (χ3n) is 6.15. The number of nitrogens with zero attached hydrogens (tertiary/aromatic N) is 5. The van der Waals surface area contributed by atoms with Gasteiger partial charge in [0.1, 0.15) is 17.9 Å². The molecule has 0 aromatic carbocycles. The molecule has 5 rings (SSSR count). The van der Waals surface area contributed by atoms with E-state index in [4.69, 9.17) is 5.26 Å². The fourth-order valence-electron chi connectivity index (χ4n) is 4.75. The van der Waals surface area contributed by atoms with Gasteiger partial charge in [0.15, 0.2) is 0 Å². The molecule has 3 aliphatic rings. The molecule has 2 aromatic rings. The van der Waals surface area contributed by atoms with E-state index in [0.29, 0.717) is 5.82 Å². The Hall–Kier alpha value is -3.08. The van der Waals surface area contributed by atoms with Crippen LogP contribution in [0.15, 0.2) is 18.3 Å². The summed E-state index contributed by atoms with van der Waals surface area (Å²) in [6.45, 7) is 1.48. The summed E-state index contributed by atoms with van der Waals surface area (Å²) in [5.41, 5.74) is 1.83. The molecule has 0 radical (unpaired) electrons. The molecular weight excluding hydrogens is 356 g/mol. The standard InChI is InChI=1S/C20H22N6O2/c21-7-5-19(28)26-14-3-4-15(26)11-24(10-14)17-9-18(25(12-27)13-1-2-13)23-20-16(17)6-8-22-20/h6,8-9,12-15H,1-5,10-11H2,(H,22,23). The van der Waals surface area contributed by atoms with Crippen molar-refractivity contribution in [2.24, 2.45) is 0 Å². The lowest BCUT2D eigenvalue weighted by atomic mass is 10.1. The van der Waals surface area contributed by atoms with Crippen LogP contribution in [0.5, 0.6) is 0 Å². The van der Waals surface area contributed by atoms with Crippen molar-refractivity contribution in [2.75, 3.05) is 22.9 Å². The molecular formula is C20H22N6O2. The molecule has 1 aliphatic carbocycles. The molecule has 28 heavy (non-hydrogen) atoms. The van der Waals surface area contributed by atoms with Gasteiger partial charge in [-0.1, -0.05) is 0 Å². The quantitative estimate of drug-likeness (QED) is 0.800. The van der Waals surface area contributed by atoms with Crippen molar-refractivity contribution in [1.29, 1.82) is 5.26 Å². The number of fused-ring (bicyclic) bond motifs is 3. The minimum Gasteiger partial charge on any atom is -0.367 e. The Balaban J connectivity index is 1.48. The van der Waals surface area contributed by atoms with Crippen LogP contribution in [-0.4, -0.2) is 58.4 Å². The molecule has 8 heteroatoms. The maximum Gasteiger partial charge on any atom is 0.237 e. The number of hydrogen-bond acceptors (Lipinski definition) is 5. The molecule has 2 amide bonds. The van der Waals surface area contributed by atoms with Crippen molar-refractivity contribution in [1.82, 2.24) is 14.9 Å². The number of amides is 2. The first-order valence-corrected chi connectivity index (χ1v) is 9.84. The monoisotopic (exact) mass is 378 g/mol. The molecule has 4 heterocycles. The maximum atomic E-state index is 12.4. The zero-order valence-electron chi connectivity index (χ0n) is 15.5. The normalized spacial score (nSPS) is 23.7. The zero-order valence-corrected chi connectivity index (χ0v) is 15.5. The summed E-state index contributed by atoms with van der Waals surface area (Å²) in [6, 6.07) is 6.53. The van der Waals surface area contributed by atoms with Crippen LogP contribution in [0.3, 0.4) is 0 Å². The molecule has 144 valence electrons. The van der Waals surface area contributed by atoms with E-state index in [2.05, 4.69) is 14.9 Å². The summed E-state index contributed by atoms with van der Waals surface area (Å²) in [5.74, 6) is 0.621. The van der Waals surface area contributed by atoms with Crippen LogP contribution >= 0.6 is 0 Å². The second-order valence-corrected chi connectivity index (χ2v) is 7.91. The number of aromatic amines is 1. The molecule has 2 aromatic heterocycles. The summed E-state index contributed by atoms with van der Waals surface area (Å²) in [5, 5.41) is 9.92. The number of nitrogens with one attached hydrogen (secondary N) is 1. The van der Waals surface area contributed by atoms with E-state index >= 15 is 0 Å². The van der Waals surface area contributed by atoms with Crippen LogP contribution < -0.4 is 9.80 Å². The Morgan fingerprint density at radius 3 is 2.71 bits per heavy atom. The second kappa shape index (κ2) is 6.51. The number of aromatic nitrogens is 2. The number of hydrogen-bond donors (Lipinski definition) is 1. The number of carbonyl (C=O) groups is 2. The van der Waals surface area contributed by atoms with E-state index in [1.165, 1.54) is 0 Å². The molecule has 1 N–H and O–H groups in total. The molecule has 8 nitrogen and oxygen atoms in total. The van der Waals surface area contributed by atoms with Crippen LogP contribution in [-0.2, 0) is 9.59 Å². The average molecular weight is 378 g/mol. The fourth-order valence-corrected chi connectivity index (χ4v) is 4.75. The van der Waals surface area contributed by atoms with Gasteiger partial charge in [0.05, 0.1) is 11.8 Å². The van der Waals surface area contributed by atoms with Crippen LogP contribution in [0.1, 0.15) is 32.1 Å². The highest BCUT2D eigenvalue weighted by atomic mass is 16.2. The predicted molar refractivity (Wildman–Crippen MR) is 104 cm³/mol. The minimum atomic E-state index is -0.0577. The van der Waals surface area contributed by atoms with E-state index in [1.54, 1.807) is 4.90 Å². The van der Waals surface area contributed by atoms with Crippen molar-refractivity contribution >= 4 is 34.9 Å². The van der Waals surface area contributed by atoms with Crippen molar-refractivity contribution in [3.05, 3.63) is 18.3 Å². The van der Waals surface area contributed by atoms with Crippen molar-refractivity contribution in [3.63, 3.8) is 0 Å². The molecule has 0 spiro atoms. The summed E-state index contributed by atoms with van der Waals surface area (Å²) >= 11 is 0. The number of pyridine rings is 1. The van der Waals surface area contributed by atoms with Gasteiger partial charge in [0.25, 0.3) is 0 Å². The van der Waals surface area contributed by atoms with Gasteiger partial charge in [-0.2, -0.15) is 5.26 Å². The number of carbonyl (C=O) groups excluding carboxylic acids is 2. The summed E-state index contributed by atoms with van der Waals surface area (Å²) in [4.78, 5) is 37.8. The van der Waals surface area contributed by atoms with Crippen molar-refractivity contribution in [3.8, 4) is 6.07 Å². The third kappa shape index (κ3) is 2.70. The Bertz CT molecular complexity index is 961. The molecule has 2 aliphatic heterocycles.